The molecule has 4 nitrogen and oxygen atoms in total. The van der Waals surface area contributed by atoms with Crippen LogP contribution in [0.1, 0.15) is 0 Å². The molecule has 3 rings (SSSR count). The van der Waals surface area contributed by atoms with Gasteiger partial charge in [0.05, 0.1) is 0 Å². The van der Waals surface area contributed by atoms with Crippen LogP contribution in [-0.4, -0.2) is 25.4 Å². The maximum atomic E-state index is 10.0. The number of aliphatic hydroxyl groups excluding tert-OH is 1. The summed E-state index contributed by atoms with van der Waals surface area (Å²) in [6, 6.07) is 11.7. The van der Waals surface area contributed by atoms with Crippen LogP contribution >= 0.6 is 0 Å². The van der Waals surface area contributed by atoms with Gasteiger partial charge in [-0.3, -0.25) is 0 Å². The van der Waals surface area contributed by atoms with E-state index in [4.69, 9.17) is 0 Å². The van der Waals surface area contributed by atoms with E-state index in [0.29, 0.717) is 0 Å². The quantitative estimate of drug-likeness (QED) is 0.742. The second kappa shape index (κ2) is 4.23. The highest BCUT2D eigenvalue weighted by Crippen LogP contribution is 2.22. The number of rotatable bonds is 4. The smallest absolute Gasteiger partial charge is 0.226 e. The van der Waals surface area contributed by atoms with E-state index in [1.54, 1.807) is 0 Å². The fourth-order valence-corrected chi connectivity index (χ4v) is 2.36. The van der Waals surface area contributed by atoms with E-state index in [1.165, 1.54) is 0 Å². The van der Waals surface area contributed by atoms with Crippen molar-refractivity contribution >= 4 is 0 Å². The third-order valence-electron chi connectivity index (χ3n) is 3.27. The molecule has 3 heterocycles. The summed E-state index contributed by atoms with van der Waals surface area (Å²) in [5, 5.41) is 10.0. The van der Waals surface area contributed by atoms with Gasteiger partial charge in [0, 0.05) is 37.2 Å². The predicted octanol–water partition coefficient (Wildman–Crippen LogP) is 1.79. The summed E-state index contributed by atoms with van der Waals surface area (Å²) in [4.78, 5) is 0. The van der Waals surface area contributed by atoms with Crippen LogP contribution in [0.15, 0.2) is 73.6 Å². The van der Waals surface area contributed by atoms with Crippen LogP contribution in [0, 0.1) is 0 Å². The lowest BCUT2D eigenvalue weighted by Crippen LogP contribution is -2.49. The van der Waals surface area contributed by atoms with Crippen LogP contribution in [0.5, 0.6) is 0 Å². The van der Waals surface area contributed by atoms with Crippen molar-refractivity contribution in [2.24, 2.45) is 0 Å². The molecule has 0 atom stereocenters. The fraction of sp³-hybridized carbons (Fsp3) is 0.143. The summed E-state index contributed by atoms with van der Waals surface area (Å²) in [5.41, 5.74) is 0. The maximum absolute atomic E-state index is 10.0. The van der Waals surface area contributed by atoms with Crippen molar-refractivity contribution in [1.82, 2.24) is 13.7 Å². The summed E-state index contributed by atoms with van der Waals surface area (Å²) in [6.07, 6.45) is 11.7. The van der Waals surface area contributed by atoms with Gasteiger partial charge in [0.2, 0.25) is 5.79 Å². The van der Waals surface area contributed by atoms with Gasteiger partial charge in [0.15, 0.2) is 0 Å². The van der Waals surface area contributed by atoms with Crippen molar-refractivity contribution in [3.05, 3.63) is 73.6 Å². The summed E-state index contributed by atoms with van der Waals surface area (Å²) in [5.74, 6) is -0.684. The van der Waals surface area contributed by atoms with Gasteiger partial charge in [0.1, 0.15) is 6.61 Å². The van der Waals surface area contributed by atoms with Gasteiger partial charge in [-0.25, -0.2) is 0 Å². The SMILES string of the molecule is OCC(n1cccc1)(n1cccc1)n1cccc1. The lowest BCUT2D eigenvalue weighted by atomic mass is 10.3. The average molecular weight is 241 g/mol. The van der Waals surface area contributed by atoms with Crippen LogP contribution < -0.4 is 0 Å². The summed E-state index contributed by atoms with van der Waals surface area (Å²) in [7, 11) is 0. The van der Waals surface area contributed by atoms with Gasteiger partial charge in [0.25, 0.3) is 0 Å². The molecule has 0 aromatic carbocycles. The highest BCUT2D eigenvalue weighted by molar-refractivity contribution is 5.08. The highest BCUT2D eigenvalue weighted by atomic mass is 16.3. The van der Waals surface area contributed by atoms with Crippen LogP contribution in [-0.2, 0) is 5.79 Å². The monoisotopic (exact) mass is 241 g/mol. The van der Waals surface area contributed by atoms with Crippen LogP contribution in [0.2, 0.25) is 0 Å². The average Bonchev–Trinajstić information content (AvgIpc) is 3.16. The molecular formula is C14H15N3O. The molecule has 3 aromatic rings. The van der Waals surface area contributed by atoms with E-state index in [0.717, 1.165) is 0 Å². The standard InChI is InChI=1S/C14H15N3O/c18-13-14(15-7-1-2-8-15,16-9-3-4-10-16)17-11-5-6-12-17/h1-12,18H,13H2. The maximum Gasteiger partial charge on any atom is 0.226 e. The van der Waals surface area contributed by atoms with E-state index in [1.807, 2.05) is 87.3 Å². The minimum absolute atomic E-state index is 0.0367. The van der Waals surface area contributed by atoms with Crippen molar-refractivity contribution in [3.63, 3.8) is 0 Å². The first kappa shape index (κ1) is 10.9. The summed E-state index contributed by atoms with van der Waals surface area (Å²) in [6.45, 7) is -0.0367. The molecule has 0 amide bonds. The summed E-state index contributed by atoms with van der Waals surface area (Å²) >= 11 is 0. The first-order valence-corrected chi connectivity index (χ1v) is 5.89. The third kappa shape index (κ3) is 1.43. The Hall–Kier alpha value is -2.20. The van der Waals surface area contributed by atoms with E-state index in [9.17, 15) is 5.11 Å². The van der Waals surface area contributed by atoms with Gasteiger partial charge < -0.3 is 18.8 Å². The Morgan fingerprint density at radius 3 is 1.11 bits per heavy atom. The normalized spacial score (nSPS) is 11.8. The Bertz CT molecular complexity index is 495. The van der Waals surface area contributed by atoms with Gasteiger partial charge in [-0.2, -0.15) is 0 Å². The predicted molar refractivity (Wildman–Crippen MR) is 69.2 cm³/mol. The van der Waals surface area contributed by atoms with Crippen molar-refractivity contribution in [2.75, 3.05) is 6.61 Å². The van der Waals surface area contributed by atoms with Gasteiger partial charge >= 0.3 is 0 Å². The first-order valence-electron chi connectivity index (χ1n) is 5.89. The van der Waals surface area contributed by atoms with E-state index in [-0.39, 0.29) is 6.61 Å². The minimum atomic E-state index is -0.684. The molecule has 0 saturated carbocycles. The zero-order valence-electron chi connectivity index (χ0n) is 9.92. The van der Waals surface area contributed by atoms with Crippen molar-refractivity contribution < 1.29 is 5.11 Å². The Labute approximate surface area is 105 Å². The van der Waals surface area contributed by atoms with Crippen LogP contribution in [0.25, 0.3) is 0 Å². The minimum Gasteiger partial charge on any atom is -0.390 e. The number of aliphatic hydroxyl groups is 1. The molecule has 0 bridgehead atoms. The largest absolute Gasteiger partial charge is 0.390 e. The second-order valence-electron chi connectivity index (χ2n) is 4.20. The molecule has 0 spiro atoms. The first-order chi connectivity index (χ1) is 8.88. The molecule has 3 aromatic heterocycles. The van der Waals surface area contributed by atoms with Crippen molar-refractivity contribution in [3.8, 4) is 0 Å². The number of nitrogens with zero attached hydrogens (tertiary/aromatic N) is 3. The van der Waals surface area contributed by atoms with E-state index in [2.05, 4.69) is 0 Å². The third-order valence-corrected chi connectivity index (χ3v) is 3.27. The highest BCUT2D eigenvalue weighted by Gasteiger charge is 2.33. The lowest BCUT2D eigenvalue weighted by molar-refractivity contribution is 0.0734. The molecule has 0 radical (unpaired) electrons. The Morgan fingerprint density at radius 2 is 0.889 bits per heavy atom. The molecule has 18 heavy (non-hydrogen) atoms. The van der Waals surface area contributed by atoms with Gasteiger partial charge in [-0.05, 0) is 36.4 Å². The molecule has 4 heteroatoms. The van der Waals surface area contributed by atoms with E-state index >= 15 is 0 Å². The molecule has 0 aliphatic rings. The number of hydrogen-bond donors (Lipinski definition) is 1. The van der Waals surface area contributed by atoms with Crippen LogP contribution in [0.3, 0.4) is 0 Å². The Morgan fingerprint density at radius 1 is 0.611 bits per heavy atom. The van der Waals surface area contributed by atoms with Gasteiger partial charge in [-0.15, -0.1) is 0 Å². The topological polar surface area (TPSA) is 35.0 Å². The molecule has 0 aliphatic carbocycles. The molecule has 1 N–H and O–H groups in total. The molecular weight excluding hydrogens is 226 g/mol. The molecule has 0 saturated heterocycles. The second-order valence-corrected chi connectivity index (χ2v) is 4.20. The number of aromatic nitrogens is 3. The number of hydrogen-bond acceptors (Lipinski definition) is 1. The van der Waals surface area contributed by atoms with Crippen molar-refractivity contribution in [2.45, 2.75) is 5.79 Å². The molecule has 92 valence electrons. The summed E-state index contributed by atoms with van der Waals surface area (Å²) < 4.78 is 5.98. The van der Waals surface area contributed by atoms with Crippen LogP contribution in [0.4, 0.5) is 0 Å². The Balaban J connectivity index is 2.25. The Kier molecular flexibility index (Phi) is 2.57. The molecule has 0 fully saturated rings. The zero-order chi connectivity index (χ0) is 12.4. The van der Waals surface area contributed by atoms with Gasteiger partial charge in [-0.1, -0.05) is 0 Å². The fourth-order valence-electron chi connectivity index (χ4n) is 2.36. The van der Waals surface area contributed by atoms with Crippen molar-refractivity contribution in [1.29, 1.82) is 0 Å². The zero-order valence-corrected chi connectivity index (χ0v) is 9.92. The lowest BCUT2D eigenvalue weighted by Gasteiger charge is -2.37. The molecule has 0 unspecified atom stereocenters. The molecule has 0 aliphatic heterocycles. The van der Waals surface area contributed by atoms with E-state index < -0.39 is 5.79 Å².